The van der Waals surface area contributed by atoms with Crippen LogP contribution in [0.4, 0.5) is 10.8 Å². The molecule has 5 nitrogen and oxygen atoms in total. The molecular weight excluding hydrogens is 323 g/mol. The maximum absolute atomic E-state index is 11.4. The van der Waals surface area contributed by atoms with Crippen molar-refractivity contribution in [2.24, 2.45) is 0 Å². The molecule has 104 valence electrons. The summed E-state index contributed by atoms with van der Waals surface area (Å²) in [5, 5.41) is 12.8. The van der Waals surface area contributed by atoms with E-state index >= 15 is 0 Å². The van der Waals surface area contributed by atoms with E-state index in [0.29, 0.717) is 15.7 Å². The first-order chi connectivity index (χ1) is 9.40. The third-order valence-corrected chi connectivity index (χ3v) is 4.23. The zero-order valence-electron chi connectivity index (χ0n) is 10.1. The zero-order chi connectivity index (χ0) is 14.9. The number of nitrogens with one attached hydrogen (secondary N) is 1. The maximum Gasteiger partial charge on any atom is 0.356 e. The second-order valence-electron chi connectivity index (χ2n) is 3.78. The van der Waals surface area contributed by atoms with Crippen molar-refractivity contribution in [3.8, 4) is 0 Å². The van der Waals surface area contributed by atoms with Crippen LogP contribution in [-0.2, 0) is 0 Å². The Bertz CT molecular complexity index is 669. The number of carboxylic acids is 1. The third kappa shape index (κ3) is 2.92. The number of anilines is 2. The molecule has 0 aliphatic rings. The molecule has 0 unspecified atom stereocenters. The molecule has 0 saturated carbocycles. The largest absolute Gasteiger partial charge is 0.476 e. The van der Waals surface area contributed by atoms with Crippen molar-refractivity contribution in [3.05, 3.63) is 38.8 Å². The number of thiazole rings is 1. The summed E-state index contributed by atoms with van der Waals surface area (Å²) in [7, 11) is 0. The highest BCUT2D eigenvalue weighted by atomic mass is 35.5. The number of benzene rings is 1. The minimum atomic E-state index is -1.25. The number of carbonyl (C=O) groups is 2. The number of nitrogens with zero attached hydrogens (tertiary/aromatic N) is 1. The Morgan fingerprint density at radius 1 is 1.35 bits per heavy atom. The Morgan fingerprint density at radius 3 is 2.60 bits per heavy atom. The maximum atomic E-state index is 11.4. The zero-order valence-corrected chi connectivity index (χ0v) is 12.4. The van der Waals surface area contributed by atoms with E-state index in [4.69, 9.17) is 28.3 Å². The van der Waals surface area contributed by atoms with Crippen LogP contribution in [0.1, 0.15) is 27.1 Å². The van der Waals surface area contributed by atoms with Crippen molar-refractivity contribution < 1.29 is 14.7 Å². The van der Waals surface area contributed by atoms with Gasteiger partial charge in [0.2, 0.25) is 0 Å². The van der Waals surface area contributed by atoms with Crippen LogP contribution in [0, 0.1) is 0 Å². The number of hydrogen-bond donors (Lipinski definition) is 2. The van der Waals surface area contributed by atoms with Crippen molar-refractivity contribution in [2.75, 3.05) is 5.32 Å². The molecule has 0 aliphatic carbocycles. The van der Waals surface area contributed by atoms with E-state index in [1.807, 2.05) is 0 Å². The lowest BCUT2D eigenvalue weighted by molar-refractivity contribution is 0.0687. The summed E-state index contributed by atoms with van der Waals surface area (Å²) in [5.74, 6) is -1.61. The molecular formula is C12H8Cl2N2O3S. The molecule has 0 spiro atoms. The topological polar surface area (TPSA) is 79.3 Å². The van der Waals surface area contributed by atoms with Gasteiger partial charge >= 0.3 is 5.97 Å². The quantitative estimate of drug-likeness (QED) is 0.825. The molecule has 1 aromatic carbocycles. The Morgan fingerprint density at radius 2 is 2.05 bits per heavy atom. The molecule has 0 radical (unpaired) electrons. The normalized spacial score (nSPS) is 10.3. The fraction of sp³-hybridized carbons (Fsp3) is 0.0833. The van der Waals surface area contributed by atoms with E-state index in [1.54, 1.807) is 18.2 Å². The van der Waals surface area contributed by atoms with Crippen LogP contribution >= 0.6 is 34.5 Å². The van der Waals surface area contributed by atoms with Gasteiger partial charge in [0.25, 0.3) is 0 Å². The van der Waals surface area contributed by atoms with E-state index in [0.717, 1.165) is 11.3 Å². The Kier molecular flexibility index (Phi) is 4.27. The van der Waals surface area contributed by atoms with E-state index in [1.165, 1.54) is 6.92 Å². The van der Waals surface area contributed by atoms with Crippen molar-refractivity contribution in [1.82, 2.24) is 4.98 Å². The lowest BCUT2D eigenvalue weighted by atomic mass is 10.3. The highest BCUT2D eigenvalue weighted by molar-refractivity contribution is 7.17. The minimum Gasteiger partial charge on any atom is -0.476 e. The molecule has 0 fully saturated rings. The van der Waals surface area contributed by atoms with E-state index in [2.05, 4.69) is 10.3 Å². The fourth-order valence-electron chi connectivity index (χ4n) is 1.47. The van der Waals surface area contributed by atoms with Crippen LogP contribution < -0.4 is 5.32 Å². The number of carbonyl (C=O) groups excluding carboxylic acids is 1. The molecule has 2 rings (SSSR count). The molecule has 0 amide bonds. The van der Waals surface area contributed by atoms with Gasteiger partial charge in [0, 0.05) is 6.92 Å². The first-order valence-electron chi connectivity index (χ1n) is 5.36. The van der Waals surface area contributed by atoms with Crippen molar-refractivity contribution in [1.29, 1.82) is 0 Å². The Balaban J connectivity index is 2.40. The summed E-state index contributed by atoms with van der Waals surface area (Å²) in [6.07, 6.45) is 0. The second-order valence-corrected chi connectivity index (χ2v) is 5.57. The number of Topliss-reactive ketones (excluding diaryl/α,β-unsaturated/α-hetero) is 1. The van der Waals surface area contributed by atoms with E-state index < -0.39 is 5.97 Å². The van der Waals surface area contributed by atoms with E-state index in [9.17, 15) is 9.59 Å². The number of hydrogen-bond acceptors (Lipinski definition) is 5. The lowest BCUT2D eigenvalue weighted by Crippen LogP contribution is -2.03. The van der Waals surface area contributed by atoms with Crippen molar-refractivity contribution in [2.45, 2.75) is 6.92 Å². The third-order valence-electron chi connectivity index (χ3n) is 2.34. The predicted molar refractivity (Wildman–Crippen MR) is 78.8 cm³/mol. The number of halogens is 2. The smallest absolute Gasteiger partial charge is 0.356 e. The fourth-order valence-corrected chi connectivity index (χ4v) is 2.69. The molecule has 0 bridgehead atoms. The molecule has 8 heteroatoms. The van der Waals surface area contributed by atoms with Crippen LogP contribution in [0.15, 0.2) is 18.2 Å². The van der Waals surface area contributed by atoms with E-state index in [-0.39, 0.29) is 21.5 Å². The van der Waals surface area contributed by atoms with Gasteiger partial charge < -0.3 is 10.4 Å². The average Bonchev–Trinajstić information content (AvgIpc) is 2.79. The van der Waals surface area contributed by atoms with Gasteiger partial charge in [-0.05, 0) is 12.1 Å². The molecule has 2 aromatic rings. The standard InChI is InChI=1S/C12H8Cl2N2O3S/c1-5(17)10-9(11(18)19)16-12(20-10)15-7-4-2-3-6(13)8(7)14/h2-4H,1H3,(H,15,16)(H,18,19). The van der Waals surface area contributed by atoms with Crippen LogP contribution in [0.2, 0.25) is 10.0 Å². The van der Waals surface area contributed by atoms with Crippen LogP contribution in [-0.4, -0.2) is 21.8 Å². The summed E-state index contributed by atoms with van der Waals surface area (Å²) < 4.78 is 0. The van der Waals surface area contributed by atoms with Gasteiger partial charge in [-0.1, -0.05) is 40.6 Å². The summed E-state index contributed by atoms with van der Waals surface area (Å²) in [6.45, 7) is 1.29. The first kappa shape index (κ1) is 14.8. The predicted octanol–water partition coefficient (Wildman–Crippen LogP) is 4.09. The number of aromatic nitrogens is 1. The molecule has 1 aromatic heterocycles. The van der Waals surface area contributed by atoms with Crippen molar-refractivity contribution >= 4 is 57.1 Å². The van der Waals surface area contributed by atoms with Crippen LogP contribution in [0.25, 0.3) is 0 Å². The molecule has 20 heavy (non-hydrogen) atoms. The highest BCUT2D eigenvalue weighted by Crippen LogP contribution is 2.33. The molecule has 1 heterocycles. The lowest BCUT2D eigenvalue weighted by Gasteiger charge is -2.05. The van der Waals surface area contributed by atoms with Gasteiger partial charge in [0.1, 0.15) is 4.88 Å². The van der Waals surface area contributed by atoms with Gasteiger partial charge in [-0.25, -0.2) is 9.78 Å². The Hall–Kier alpha value is -1.63. The minimum absolute atomic E-state index is 0.0816. The summed E-state index contributed by atoms with van der Waals surface area (Å²) in [4.78, 5) is 26.4. The first-order valence-corrected chi connectivity index (χ1v) is 6.93. The summed E-state index contributed by atoms with van der Waals surface area (Å²) >= 11 is 12.8. The monoisotopic (exact) mass is 330 g/mol. The summed E-state index contributed by atoms with van der Waals surface area (Å²) in [6, 6.07) is 4.98. The SMILES string of the molecule is CC(=O)c1sc(Nc2cccc(Cl)c2Cl)nc1C(=O)O. The average molecular weight is 331 g/mol. The van der Waals surface area contributed by atoms with Gasteiger partial charge in [0.05, 0.1) is 15.7 Å². The van der Waals surface area contributed by atoms with Gasteiger partial charge in [-0.3, -0.25) is 4.79 Å². The molecule has 0 atom stereocenters. The van der Waals surface area contributed by atoms with Crippen LogP contribution in [0.3, 0.4) is 0 Å². The molecule has 0 aliphatic heterocycles. The Labute approximate surface area is 128 Å². The van der Waals surface area contributed by atoms with Gasteiger partial charge in [-0.2, -0.15) is 0 Å². The number of aromatic carboxylic acids is 1. The van der Waals surface area contributed by atoms with Crippen LogP contribution in [0.5, 0.6) is 0 Å². The number of rotatable bonds is 4. The highest BCUT2D eigenvalue weighted by Gasteiger charge is 2.21. The second kappa shape index (κ2) is 5.78. The van der Waals surface area contributed by atoms with Gasteiger partial charge in [0.15, 0.2) is 16.6 Å². The van der Waals surface area contributed by atoms with Gasteiger partial charge in [-0.15, -0.1) is 0 Å². The summed E-state index contributed by atoms with van der Waals surface area (Å²) in [5.41, 5.74) is 0.211. The number of ketones is 1. The molecule has 0 saturated heterocycles. The number of carboxylic acid groups (broad SMARTS) is 1. The molecule has 2 N–H and O–H groups in total. The van der Waals surface area contributed by atoms with Crippen molar-refractivity contribution in [3.63, 3.8) is 0 Å².